The molecule has 0 heterocycles. The first-order valence-electron chi connectivity index (χ1n) is 9.10. The Hall–Kier alpha value is -3.33. The summed E-state index contributed by atoms with van der Waals surface area (Å²) in [6.45, 7) is 2.25. The van der Waals surface area contributed by atoms with Crippen molar-refractivity contribution >= 4 is 27.5 Å². The molecular formula is C24H21NO2. The van der Waals surface area contributed by atoms with Crippen molar-refractivity contribution in [2.75, 3.05) is 0 Å². The largest absolute Gasteiger partial charge is 0.481 e. The molecule has 1 amide bonds. The van der Waals surface area contributed by atoms with Crippen molar-refractivity contribution in [3.63, 3.8) is 0 Å². The predicted octanol–water partition coefficient (Wildman–Crippen LogP) is 5.08. The van der Waals surface area contributed by atoms with Crippen LogP contribution in [0.2, 0.25) is 0 Å². The Balaban J connectivity index is 1.42. The third kappa shape index (κ3) is 3.77. The Morgan fingerprint density at radius 3 is 2.41 bits per heavy atom. The van der Waals surface area contributed by atoms with Gasteiger partial charge >= 0.3 is 0 Å². The smallest absolute Gasteiger partial charge is 0.261 e. The topological polar surface area (TPSA) is 38.3 Å². The summed E-state index contributed by atoms with van der Waals surface area (Å²) in [6, 6.07) is 28.3. The lowest BCUT2D eigenvalue weighted by atomic mass is 10.0. The first-order valence-corrected chi connectivity index (χ1v) is 9.10. The monoisotopic (exact) mass is 355 g/mol. The fourth-order valence-electron chi connectivity index (χ4n) is 3.27. The Morgan fingerprint density at radius 2 is 1.56 bits per heavy atom. The number of carbonyl (C=O) groups excluding carboxylic acids is 1. The Bertz CT molecular complexity index is 1100. The van der Waals surface area contributed by atoms with Crippen molar-refractivity contribution in [3.8, 4) is 5.75 Å². The second-order valence-corrected chi connectivity index (χ2v) is 6.63. The minimum absolute atomic E-state index is 0.129. The highest BCUT2D eigenvalue weighted by Gasteiger charge is 2.15. The molecule has 1 atom stereocenters. The van der Waals surface area contributed by atoms with Gasteiger partial charge in [-0.25, -0.2) is 0 Å². The van der Waals surface area contributed by atoms with Crippen LogP contribution in [0.3, 0.4) is 0 Å². The van der Waals surface area contributed by atoms with E-state index in [4.69, 9.17) is 4.74 Å². The van der Waals surface area contributed by atoms with Crippen LogP contribution >= 0.6 is 0 Å². The van der Waals surface area contributed by atoms with Crippen LogP contribution in [0.4, 0.5) is 0 Å². The minimum Gasteiger partial charge on any atom is -0.481 e. The van der Waals surface area contributed by atoms with Crippen LogP contribution in [-0.2, 0) is 11.3 Å². The lowest BCUT2D eigenvalue weighted by molar-refractivity contribution is -0.127. The molecule has 0 saturated carbocycles. The molecule has 3 heteroatoms. The molecule has 0 aliphatic heterocycles. The van der Waals surface area contributed by atoms with Crippen molar-refractivity contribution in [1.29, 1.82) is 0 Å². The average molecular weight is 355 g/mol. The van der Waals surface area contributed by atoms with E-state index in [1.54, 1.807) is 6.92 Å². The van der Waals surface area contributed by atoms with Gasteiger partial charge in [0.15, 0.2) is 6.10 Å². The van der Waals surface area contributed by atoms with Gasteiger partial charge in [0.1, 0.15) is 5.75 Å². The van der Waals surface area contributed by atoms with Crippen LogP contribution in [0, 0.1) is 0 Å². The summed E-state index contributed by atoms with van der Waals surface area (Å²) < 4.78 is 5.85. The lowest BCUT2D eigenvalue weighted by Gasteiger charge is -2.16. The van der Waals surface area contributed by atoms with E-state index in [0.717, 1.165) is 21.7 Å². The zero-order valence-corrected chi connectivity index (χ0v) is 15.2. The van der Waals surface area contributed by atoms with Crippen LogP contribution in [-0.4, -0.2) is 12.0 Å². The number of rotatable bonds is 5. The molecule has 4 aromatic rings. The molecular weight excluding hydrogens is 334 g/mol. The number of fused-ring (bicyclic) bond motifs is 2. The van der Waals surface area contributed by atoms with Crippen LogP contribution in [0.15, 0.2) is 84.9 Å². The fourth-order valence-corrected chi connectivity index (χ4v) is 3.27. The molecule has 0 aromatic heterocycles. The van der Waals surface area contributed by atoms with Gasteiger partial charge in [-0.15, -0.1) is 0 Å². The summed E-state index contributed by atoms with van der Waals surface area (Å²) in [5.74, 6) is 0.567. The standard InChI is InChI=1S/C24H21NO2/c1-17(27-22-14-13-18-7-2-3-9-20(18)15-22)24(26)25-16-21-11-6-10-19-8-4-5-12-23(19)21/h2-15,17H,16H2,1H3,(H,25,26). The molecule has 0 aliphatic carbocycles. The van der Waals surface area contributed by atoms with E-state index in [-0.39, 0.29) is 5.91 Å². The second-order valence-electron chi connectivity index (χ2n) is 6.63. The van der Waals surface area contributed by atoms with E-state index in [0.29, 0.717) is 12.3 Å². The first-order chi connectivity index (χ1) is 13.2. The van der Waals surface area contributed by atoms with Gasteiger partial charge < -0.3 is 10.1 Å². The number of amides is 1. The maximum Gasteiger partial charge on any atom is 0.261 e. The molecule has 27 heavy (non-hydrogen) atoms. The quantitative estimate of drug-likeness (QED) is 0.542. The van der Waals surface area contributed by atoms with Crippen LogP contribution in [0.1, 0.15) is 12.5 Å². The number of hydrogen-bond acceptors (Lipinski definition) is 2. The maximum atomic E-state index is 12.5. The summed E-state index contributed by atoms with van der Waals surface area (Å²) in [5, 5.41) is 7.56. The molecule has 4 aromatic carbocycles. The summed E-state index contributed by atoms with van der Waals surface area (Å²) in [4.78, 5) is 12.5. The maximum absolute atomic E-state index is 12.5. The Morgan fingerprint density at radius 1 is 0.852 bits per heavy atom. The first kappa shape index (κ1) is 17.1. The van der Waals surface area contributed by atoms with Gasteiger partial charge in [-0.05, 0) is 46.2 Å². The molecule has 134 valence electrons. The highest BCUT2D eigenvalue weighted by atomic mass is 16.5. The van der Waals surface area contributed by atoms with E-state index < -0.39 is 6.10 Å². The van der Waals surface area contributed by atoms with Crippen molar-refractivity contribution in [2.45, 2.75) is 19.6 Å². The Labute approximate surface area is 158 Å². The van der Waals surface area contributed by atoms with Crippen LogP contribution in [0.25, 0.3) is 21.5 Å². The van der Waals surface area contributed by atoms with E-state index in [9.17, 15) is 4.79 Å². The third-order valence-electron chi connectivity index (χ3n) is 4.74. The van der Waals surface area contributed by atoms with Crippen molar-refractivity contribution in [2.24, 2.45) is 0 Å². The van der Waals surface area contributed by atoms with E-state index in [1.165, 1.54) is 5.39 Å². The van der Waals surface area contributed by atoms with E-state index >= 15 is 0 Å². The molecule has 1 N–H and O–H groups in total. The van der Waals surface area contributed by atoms with Crippen molar-refractivity contribution < 1.29 is 9.53 Å². The van der Waals surface area contributed by atoms with Gasteiger partial charge in [-0.2, -0.15) is 0 Å². The number of carbonyl (C=O) groups is 1. The minimum atomic E-state index is -0.568. The zero-order valence-electron chi connectivity index (χ0n) is 15.2. The van der Waals surface area contributed by atoms with Gasteiger partial charge in [-0.3, -0.25) is 4.79 Å². The summed E-state index contributed by atoms with van der Waals surface area (Å²) in [5.41, 5.74) is 1.10. The molecule has 1 unspecified atom stereocenters. The van der Waals surface area contributed by atoms with Gasteiger partial charge in [0.2, 0.25) is 0 Å². The van der Waals surface area contributed by atoms with Gasteiger partial charge in [0, 0.05) is 6.54 Å². The third-order valence-corrected chi connectivity index (χ3v) is 4.74. The summed E-state index contributed by atoms with van der Waals surface area (Å²) in [6.07, 6.45) is -0.568. The van der Waals surface area contributed by atoms with Gasteiger partial charge in [0.25, 0.3) is 5.91 Å². The van der Waals surface area contributed by atoms with Crippen LogP contribution < -0.4 is 10.1 Å². The number of benzene rings is 4. The lowest BCUT2D eigenvalue weighted by Crippen LogP contribution is -2.35. The highest BCUT2D eigenvalue weighted by Crippen LogP contribution is 2.22. The van der Waals surface area contributed by atoms with Crippen molar-refractivity contribution in [3.05, 3.63) is 90.5 Å². The zero-order chi connectivity index (χ0) is 18.6. The van der Waals surface area contributed by atoms with Gasteiger partial charge in [-0.1, -0.05) is 72.8 Å². The molecule has 0 bridgehead atoms. The second kappa shape index (κ2) is 7.50. The highest BCUT2D eigenvalue weighted by molar-refractivity contribution is 5.87. The number of hydrogen-bond donors (Lipinski definition) is 1. The SMILES string of the molecule is CC(Oc1ccc2ccccc2c1)C(=O)NCc1cccc2ccccc12. The Kier molecular flexibility index (Phi) is 4.75. The molecule has 0 radical (unpaired) electrons. The predicted molar refractivity (Wildman–Crippen MR) is 110 cm³/mol. The molecule has 0 saturated heterocycles. The molecule has 4 rings (SSSR count). The number of ether oxygens (including phenoxy) is 1. The van der Waals surface area contributed by atoms with Crippen molar-refractivity contribution in [1.82, 2.24) is 5.32 Å². The summed E-state index contributed by atoms with van der Waals surface area (Å²) in [7, 11) is 0. The average Bonchev–Trinajstić information content (AvgIpc) is 2.71. The summed E-state index contributed by atoms with van der Waals surface area (Å²) >= 11 is 0. The molecule has 3 nitrogen and oxygen atoms in total. The fraction of sp³-hybridized carbons (Fsp3) is 0.125. The van der Waals surface area contributed by atoms with E-state index in [2.05, 4.69) is 29.6 Å². The molecule has 0 spiro atoms. The van der Waals surface area contributed by atoms with E-state index in [1.807, 2.05) is 60.7 Å². The normalized spacial score (nSPS) is 12.0. The molecule has 0 fully saturated rings. The molecule has 0 aliphatic rings. The van der Waals surface area contributed by atoms with Gasteiger partial charge in [0.05, 0.1) is 0 Å². The van der Waals surface area contributed by atoms with Crippen LogP contribution in [0.5, 0.6) is 5.75 Å². The number of nitrogens with one attached hydrogen (secondary N) is 1.